The fourth-order valence-corrected chi connectivity index (χ4v) is 13.4. The third kappa shape index (κ3) is 12.6. The molecule has 3 saturated heterocycles. The molecular weight excluding hydrogens is 1130 g/mol. The van der Waals surface area contributed by atoms with E-state index in [1.165, 1.54) is 18.4 Å². The predicted molar refractivity (Wildman–Crippen MR) is 349 cm³/mol. The molecule has 22 nitrogen and oxygen atoms in total. The van der Waals surface area contributed by atoms with Crippen molar-refractivity contribution in [3.63, 3.8) is 0 Å². The largest absolute Gasteiger partial charge is 0.507 e. The summed E-state index contributed by atoms with van der Waals surface area (Å²) in [5, 5.41) is 42.3. The number of H-pyrrole nitrogens is 1. The average molecular weight is 1210 g/mol. The summed E-state index contributed by atoms with van der Waals surface area (Å²) < 4.78 is 13.1. The van der Waals surface area contributed by atoms with Crippen LogP contribution >= 0.6 is 0 Å². The molecule has 15 rings (SSSR count). The number of hydrogen-bond donors (Lipinski definition) is 4. The Labute approximate surface area is 521 Å². The van der Waals surface area contributed by atoms with Crippen molar-refractivity contribution in [2.45, 2.75) is 136 Å². The lowest BCUT2D eigenvalue weighted by Crippen LogP contribution is -2.60. The summed E-state index contributed by atoms with van der Waals surface area (Å²) in [5.74, 6) is 1.14. The maximum Gasteiger partial charge on any atom is 0.258 e. The Kier molecular flexibility index (Phi) is 15.7. The van der Waals surface area contributed by atoms with Crippen LogP contribution in [0.5, 0.6) is 11.6 Å². The van der Waals surface area contributed by atoms with Gasteiger partial charge < -0.3 is 30.3 Å². The van der Waals surface area contributed by atoms with Crippen LogP contribution in [0.1, 0.15) is 113 Å². The number of fused-ring (bicyclic) bond motifs is 4. The van der Waals surface area contributed by atoms with Crippen molar-refractivity contribution >= 4 is 28.1 Å². The first-order valence-corrected chi connectivity index (χ1v) is 31.2. The number of aryl methyl sites for hydroxylation is 5. The molecular formula is C68H78N18O4. The van der Waals surface area contributed by atoms with Crippen LogP contribution in [0.3, 0.4) is 0 Å². The Morgan fingerprint density at radius 3 is 2.10 bits per heavy atom. The number of nitrogens with one attached hydrogen (secondary N) is 3. The molecule has 4 N–H and O–H groups in total. The number of hydrogen-bond acceptors (Lipinski definition) is 17. The Morgan fingerprint density at radius 2 is 1.39 bits per heavy atom. The van der Waals surface area contributed by atoms with Crippen LogP contribution in [0, 0.1) is 27.7 Å². The smallest absolute Gasteiger partial charge is 0.258 e. The molecule has 0 atom stereocenters. The zero-order chi connectivity index (χ0) is 62.8. The molecule has 1 aromatic carbocycles. The molecule has 1 aliphatic carbocycles. The van der Waals surface area contributed by atoms with Gasteiger partial charge in [-0.25, -0.2) is 24.0 Å². The number of aromatic hydroxyl groups is 1. The molecule has 90 heavy (non-hydrogen) atoms. The van der Waals surface area contributed by atoms with Gasteiger partial charge in [-0.3, -0.25) is 28.5 Å². The number of likely N-dealkylation sites (tertiary alicyclic amines) is 1. The van der Waals surface area contributed by atoms with E-state index in [0.29, 0.717) is 57.1 Å². The van der Waals surface area contributed by atoms with Gasteiger partial charge in [0, 0.05) is 97.0 Å². The van der Waals surface area contributed by atoms with Crippen LogP contribution in [-0.4, -0.2) is 141 Å². The first-order valence-electron chi connectivity index (χ1n) is 31.2. The number of phenolic OH excluding ortho intramolecular Hbond substituents is 1. The van der Waals surface area contributed by atoms with Crippen LogP contribution < -0.4 is 31.4 Å². The minimum absolute atomic E-state index is 0.00229. The number of aromatic nitrogens is 14. The molecule has 0 radical (unpaired) electrons. The predicted octanol–water partition coefficient (Wildman–Crippen LogP) is 9.28. The fraction of sp³-hybridized carbons (Fsp3) is 0.397. The second kappa shape index (κ2) is 23.6. The van der Waals surface area contributed by atoms with E-state index in [-0.39, 0.29) is 39.6 Å². The minimum atomic E-state index is -0.102. The highest BCUT2D eigenvalue weighted by molar-refractivity contribution is 5.74. The molecule has 4 fully saturated rings. The third-order valence-electron chi connectivity index (χ3n) is 17.8. The van der Waals surface area contributed by atoms with Crippen molar-refractivity contribution in [3.05, 3.63) is 164 Å². The summed E-state index contributed by atoms with van der Waals surface area (Å²) in [6.45, 7) is 23.9. The van der Waals surface area contributed by atoms with Gasteiger partial charge in [-0.15, -0.1) is 10.2 Å². The number of piperazine rings is 1. The quantitative estimate of drug-likeness (QED) is 0.105. The van der Waals surface area contributed by atoms with Crippen LogP contribution in [0.15, 0.2) is 120 Å². The van der Waals surface area contributed by atoms with Gasteiger partial charge in [0.05, 0.1) is 64.0 Å². The second-order valence-corrected chi connectivity index (χ2v) is 26.4. The third-order valence-corrected chi connectivity index (χ3v) is 17.8. The lowest BCUT2D eigenvalue weighted by atomic mass is 9.81. The number of benzene rings is 1. The molecule has 0 bridgehead atoms. The SMILES string of the molecule is CC1(C)CC(Oc2ccc(-c3ccc(-c4cn[nH]c4)cc3O)nn2)CC(C)(C)N1.CCc1nc(C)cn2nc(-c3cc(=O)n4cc(C5CCN(C)CC5)cc(C)c4n3)cc12.Cc1cn2nc(-c3cc(=O)n4cc(N5CCNC6(CC6)C5)ccc4n3)cc(C)c2n1. The van der Waals surface area contributed by atoms with Crippen LogP contribution in [0.25, 0.3) is 67.6 Å². The summed E-state index contributed by atoms with van der Waals surface area (Å²) in [7, 11) is 2.16. The van der Waals surface area contributed by atoms with Gasteiger partial charge in [0.15, 0.2) is 5.65 Å². The summed E-state index contributed by atoms with van der Waals surface area (Å²) in [6, 6.07) is 22.4. The summed E-state index contributed by atoms with van der Waals surface area (Å²) in [4.78, 5) is 49.4. The van der Waals surface area contributed by atoms with Crippen molar-refractivity contribution in [1.29, 1.82) is 0 Å². The van der Waals surface area contributed by atoms with E-state index in [9.17, 15) is 14.7 Å². The van der Waals surface area contributed by atoms with E-state index >= 15 is 0 Å². The van der Waals surface area contributed by atoms with Gasteiger partial charge in [0.1, 0.15) is 34.5 Å². The molecule has 464 valence electrons. The van der Waals surface area contributed by atoms with Crippen LogP contribution in [0.2, 0.25) is 0 Å². The molecule has 4 aliphatic rings. The van der Waals surface area contributed by atoms with Crippen molar-refractivity contribution in [2.75, 3.05) is 44.7 Å². The highest BCUT2D eigenvalue weighted by Crippen LogP contribution is 2.39. The number of rotatable bonds is 9. The number of pyridine rings is 2. The molecule has 13 heterocycles. The summed E-state index contributed by atoms with van der Waals surface area (Å²) >= 11 is 0. The van der Waals surface area contributed by atoms with Crippen molar-refractivity contribution in [2.24, 2.45) is 0 Å². The lowest BCUT2D eigenvalue weighted by molar-refractivity contribution is 0.0524. The number of anilines is 1. The van der Waals surface area contributed by atoms with Crippen LogP contribution in [0.4, 0.5) is 5.69 Å². The van der Waals surface area contributed by atoms with E-state index in [4.69, 9.17) is 14.7 Å². The number of phenols is 1. The van der Waals surface area contributed by atoms with Gasteiger partial charge in [-0.2, -0.15) is 15.3 Å². The first-order chi connectivity index (χ1) is 43.1. The zero-order valence-corrected chi connectivity index (χ0v) is 52.9. The average Bonchev–Trinajstić information content (AvgIpc) is 1.35. The zero-order valence-electron chi connectivity index (χ0n) is 52.9. The minimum Gasteiger partial charge on any atom is -0.507 e. The first kappa shape index (κ1) is 59.7. The van der Waals surface area contributed by atoms with Crippen molar-refractivity contribution in [1.82, 2.24) is 83.9 Å². The van der Waals surface area contributed by atoms with Gasteiger partial charge in [0.25, 0.3) is 11.1 Å². The monoisotopic (exact) mass is 1210 g/mol. The number of imidazole rings is 1. The number of ether oxygens (including phenoxy) is 1. The van der Waals surface area contributed by atoms with Gasteiger partial charge in [-0.1, -0.05) is 19.1 Å². The summed E-state index contributed by atoms with van der Waals surface area (Å²) in [5.41, 5.74) is 15.9. The van der Waals surface area contributed by atoms with Gasteiger partial charge in [0.2, 0.25) is 5.88 Å². The molecule has 1 spiro atoms. The standard InChI is InChI=1S/C24H28N6O.C22H23N7O.C22H27N5O2/c1-5-19-22-11-21(27-30(22)13-16(3)25-19)20-12-23(31)29-14-18(10-15(2)24(29)26-20)17-6-8-28(4)9-7-17;1-14-9-18(26-29-11-15(2)24-21(14)29)17-10-20(30)28-12-16(3-4-19(28)25-17)27-8-7-23-22(13-27)5-6-22;1-21(2)10-16(11-22(3,4)27-21)29-20-8-7-18(25-26-20)17-6-5-14(9-19(17)28)15-12-23-24-13-15/h10-14,17H,5-9H2,1-4H3;3-4,9-12,23H,5-8,13H2,1-2H3;5-9,12-13,16,27-28H,10-11H2,1-4H3,(H,23,24). The fourth-order valence-electron chi connectivity index (χ4n) is 13.4. The Morgan fingerprint density at radius 1 is 0.678 bits per heavy atom. The maximum absolute atomic E-state index is 13.1. The van der Waals surface area contributed by atoms with Gasteiger partial charge >= 0.3 is 0 Å². The topological polar surface area (TPSA) is 244 Å². The van der Waals surface area contributed by atoms with Crippen LogP contribution in [-0.2, 0) is 6.42 Å². The number of piperidine rings is 2. The Bertz CT molecular complexity index is 4590. The van der Waals surface area contributed by atoms with Gasteiger partial charge in [-0.05, 0) is 178 Å². The molecule has 22 heteroatoms. The molecule has 0 amide bonds. The highest BCUT2D eigenvalue weighted by atomic mass is 16.5. The van der Waals surface area contributed by atoms with E-state index < -0.39 is 0 Å². The Balaban J connectivity index is 0.000000124. The van der Waals surface area contributed by atoms with E-state index in [1.54, 1.807) is 43.9 Å². The molecule has 10 aromatic heterocycles. The normalized spacial score (nSPS) is 17.4. The molecule has 3 aliphatic heterocycles. The summed E-state index contributed by atoms with van der Waals surface area (Å²) in [6.07, 6.45) is 18.6. The highest BCUT2D eigenvalue weighted by Gasteiger charge is 2.45. The lowest BCUT2D eigenvalue weighted by Gasteiger charge is -2.46. The number of aromatic amines is 1. The Hall–Kier alpha value is -9.25. The van der Waals surface area contributed by atoms with Crippen molar-refractivity contribution < 1.29 is 9.84 Å². The van der Waals surface area contributed by atoms with E-state index in [1.807, 2.05) is 99.5 Å². The molecule has 0 unspecified atom stereocenters. The molecule has 1 saturated carbocycles. The molecule has 11 aromatic rings. The second-order valence-electron chi connectivity index (χ2n) is 26.4. The van der Waals surface area contributed by atoms with Crippen molar-refractivity contribution in [3.8, 4) is 56.8 Å². The van der Waals surface area contributed by atoms with E-state index in [0.717, 1.165) is 121 Å². The maximum atomic E-state index is 13.1. The van der Waals surface area contributed by atoms with E-state index in [2.05, 4.69) is 115 Å². The number of nitrogens with zero attached hydrogens (tertiary/aromatic N) is 15.